The first-order valence-electron chi connectivity index (χ1n) is 9.53. The summed E-state index contributed by atoms with van der Waals surface area (Å²) < 4.78 is 30.4. The number of H-pyrrole nitrogens is 1. The molecule has 1 aliphatic carbocycles. The standard InChI is InChI=1S/C20H22N4O4S/c1-2-11-21-14-5-8-16(9-6-14)29(26,27)28-15-7-10-17-18(12-15)23-20(22-17)24-19(25)13-3-4-13/h5-10,12-13,21H,2-4,11H2,1H3,(H2,22,23,24,25). The van der Waals surface area contributed by atoms with Crippen LogP contribution in [0.5, 0.6) is 5.75 Å². The minimum atomic E-state index is -3.97. The van der Waals surface area contributed by atoms with Gasteiger partial charge >= 0.3 is 10.1 Å². The molecule has 0 bridgehead atoms. The molecule has 3 N–H and O–H groups in total. The molecule has 0 saturated heterocycles. The van der Waals surface area contributed by atoms with Crippen molar-refractivity contribution in [1.29, 1.82) is 0 Å². The van der Waals surface area contributed by atoms with Gasteiger partial charge in [-0.2, -0.15) is 8.42 Å². The van der Waals surface area contributed by atoms with Gasteiger partial charge in [0.2, 0.25) is 11.9 Å². The Morgan fingerprint density at radius 2 is 1.97 bits per heavy atom. The molecular formula is C20H22N4O4S. The lowest BCUT2D eigenvalue weighted by Crippen LogP contribution is -2.14. The fourth-order valence-electron chi connectivity index (χ4n) is 2.84. The molecule has 1 aliphatic rings. The van der Waals surface area contributed by atoms with Gasteiger partial charge in [0.1, 0.15) is 10.6 Å². The predicted molar refractivity (Wildman–Crippen MR) is 110 cm³/mol. The van der Waals surface area contributed by atoms with Gasteiger partial charge < -0.3 is 14.5 Å². The second-order valence-electron chi connectivity index (χ2n) is 7.02. The molecule has 29 heavy (non-hydrogen) atoms. The molecule has 8 nitrogen and oxygen atoms in total. The zero-order chi connectivity index (χ0) is 20.4. The van der Waals surface area contributed by atoms with Crippen LogP contribution in [-0.2, 0) is 14.9 Å². The van der Waals surface area contributed by atoms with Gasteiger partial charge in [0, 0.05) is 24.2 Å². The Balaban J connectivity index is 1.49. The number of amides is 1. The van der Waals surface area contributed by atoms with Crippen LogP contribution in [0.2, 0.25) is 0 Å². The highest BCUT2D eigenvalue weighted by molar-refractivity contribution is 7.87. The molecule has 4 rings (SSSR count). The molecule has 152 valence electrons. The minimum absolute atomic E-state index is 0.0556. The van der Waals surface area contributed by atoms with E-state index >= 15 is 0 Å². The zero-order valence-electron chi connectivity index (χ0n) is 15.9. The number of carbonyl (C=O) groups excluding carboxylic acids is 1. The number of imidazole rings is 1. The molecule has 3 aromatic rings. The van der Waals surface area contributed by atoms with E-state index in [4.69, 9.17) is 4.18 Å². The van der Waals surface area contributed by atoms with Crippen LogP contribution in [0.4, 0.5) is 11.6 Å². The minimum Gasteiger partial charge on any atom is -0.385 e. The second-order valence-corrected chi connectivity index (χ2v) is 8.56. The molecule has 0 unspecified atom stereocenters. The van der Waals surface area contributed by atoms with Gasteiger partial charge in [-0.1, -0.05) is 6.92 Å². The van der Waals surface area contributed by atoms with Crippen LogP contribution in [0, 0.1) is 5.92 Å². The number of benzene rings is 2. The molecule has 1 amide bonds. The van der Waals surface area contributed by atoms with Crippen LogP contribution >= 0.6 is 0 Å². The summed E-state index contributed by atoms with van der Waals surface area (Å²) >= 11 is 0. The van der Waals surface area contributed by atoms with E-state index in [-0.39, 0.29) is 22.5 Å². The van der Waals surface area contributed by atoms with Crippen LogP contribution in [0.15, 0.2) is 47.4 Å². The Kier molecular flexibility index (Phi) is 5.14. The lowest BCUT2D eigenvalue weighted by Gasteiger charge is -2.08. The number of fused-ring (bicyclic) bond motifs is 1. The highest BCUT2D eigenvalue weighted by atomic mass is 32.2. The zero-order valence-corrected chi connectivity index (χ0v) is 16.8. The number of nitrogens with zero attached hydrogens (tertiary/aromatic N) is 1. The lowest BCUT2D eigenvalue weighted by molar-refractivity contribution is -0.117. The Labute approximate surface area is 168 Å². The highest BCUT2D eigenvalue weighted by Gasteiger charge is 2.30. The number of hydrogen-bond acceptors (Lipinski definition) is 6. The number of carbonyl (C=O) groups is 1. The average molecular weight is 414 g/mol. The third kappa shape index (κ3) is 4.51. The van der Waals surface area contributed by atoms with Crippen LogP contribution < -0.4 is 14.8 Å². The second kappa shape index (κ2) is 7.75. The third-order valence-electron chi connectivity index (χ3n) is 4.57. The Hall–Kier alpha value is -3.07. The normalized spacial score (nSPS) is 14.0. The SMILES string of the molecule is CCCNc1ccc(S(=O)(=O)Oc2ccc3[nH]c(NC(=O)C4CC4)nc3c2)cc1. The number of hydrogen-bond donors (Lipinski definition) is 3. The monoisotopic (exact) mass is 414 g/mol. The Morgan fingerprint density at radius 1 is 1.21 bits per heavy atom. The van der Waals surface area contributed by atoms with Gasteiger partial charge in [-0.25, -0.2) is 4.98 Å². The van der Waals surface area contributed by atoms with Gasteiger partial charge in [-0.05, 0) is 55.7 Å². The summed E-state index contributed by atoms with van der Waals surface area (Å²) in [6.45, 7) is 2.87. The molecule has 0 radical (unpaired) electrons. The quantitative estimate of drug-likeness (QED) is 0.486. The molecule has 1 fully saturated rings. The van der Waals surface area contributed by atoms with Crippen LogP contribution in [0.1, 0.15) is 26.2 Å². The molecule has 2 aromatic carbocycles. The van der Waals surface area contributed by atoms with Gasteiger partial charge in [0.15, 0.2) is 0 Å². The van der Waals surface area contributed by atoms with Crippen molar-refractivity contribution in [3.63, 3.8) is 0 Å². The Morgan fingerprint density at radius 3 is 2.66 bits per heavy atom. The van der Waals surface area contributed by atoms with Crippen molar-refractivity contribution in [2.45, 2.75) is 31.1 Å². The topological polar surface area (TPSA) is 113 Å². The summed E-state index contributed by atoms with van der Waals surface area (Å²) in [7, 11) is -3.97. The van der Waals surface area contributed by atoms with Crippen LogP contribution in [-0.4, -0.2) is 30.8 Å². The molecule has 1 saturated carbocycles. The maximum absolute atomic E-state index is 12.6. The van der Waals surface area contributed by atoms with Crippen LogP contribution in [0.3, 0.4) is 0 Å². The largest absolute Gasteiger partial charge is 0.385 e. The van der Waals surface area contributed by atoms with Crippen molar-refractivity contribution in [2.24, 2.45) is 5.92 Å². The number of anilines is 2. The molecule has 0 aliphatic heterocycles. The molecular weight excluding hydrogens is 392 g/mol. The summed E-state index contributed by atoms with van der Waals surface area (Å²) in [6.07, 6.45) is 2.78. The summed E-state index contributed by atoms with van der Waals surface area (Å²) in [5, 5.41) is 5.93. The highest BCUT2D eigenvalue weighted by Crippen LogP contribution is 2.30. The van der Waals surface area contributed by atoms with Crippen molar-refractivity contribution in [3.8, 4) is 5.75 Å². The summed E-state index contributed by atoms with van der Waals surface area (Å²) in [5.74, 6) is 0.500. The molecule has 1 heterocycles. The summed E-state index contributed by atoms with van der Waals surface area (Å²) in [6, 6.07) is 11.2. The first-order chi connectivity index (χ1) is 13.9. The van der Waals surface area contributed by atoms with E-state index in [0.717, 1.165) is 31.5 Å². The summed E-state index contributed by atoms with van der Waals surface area (Å²) in [5.41, 5.74) is 2.03. The van der Waals surface area contributed by atoms with E-state index in [9.17, 15) is 13.2 Å². The summed E-state index contributed by atoms with van der Waals surface area (Å²) in [4.78, 5) is 19.2. The van der Waals surface area contributed by atoms with E-state index in [0.29, 0.717) is 17.0 Å². The van der Waals surface area contributed by atoms with Crippen LogP contribution in [0.25, 0.3) is 11.0 Å². The Bertz CT molecular complexity index is 1140. The fraction of sp³-hybridized carbons (Fsp3) is 0.300. The lowest BCUT2D eigenvalue weighted by atomic mass is 10.3. The van der Waals surface area contributed by atoms with E-state index in [1.54, 1.807) is 24.3 Å². The molecule has 0 atom stereocenters. The third-order valence-corrected chi connectivity index (χ3v) is 5.83. The van der Waals surface area contributed by atoms with Crippen molar-refractivity contribution in [2.75, 3.05) is 17.2 Å². The maximum atomic E-state index is 12.6. The number of aromatic nitrogens is 2. The molecule has 0 spiro atoms. The maximum Gasteiger partial charge on any atom is 0.339 e. The number of rotatable bonds is 8. The molecule has 1 aromatic heterocycles. The van der Waals surface area contributed by atoms with E-state index < -0.39 is 10.1 Å². The number of aromatic amines is 1. The number of nitrogens with one attached hydrogen (secondary N) is 3. The van der Waals surface area contributed by atoms with Gasteiger partial charge in [0.05, 0.1) is 11.0 Å². The van der Waals surface area contributed by atoms with Gasteiger partial charge in [-0.3, -0.25) is 10.1 Å². The average Bonchev–Trinajstić information content (AvgIpc) is 3.47. The van der Waals surface area contributed by atoms with E-state index in [2.05, 4.69) is 27.5 Å². The first-order valence-corrected chi connectivity index (χ1v) is 10.9. The van der Waals surface area contributed by atoms with E-state index in [1.807, 2.05) is 0 Å². The van der Waals surface area contributed by atoms with E-state index in [1.165, 1.54) is 18.2 Å². The van der Waals surface area contributed by atoms with Gasteiger partial charge in [-0.15, -0.1) is 0 Å². The van der Waals surface area contributed by atoms with Crippen molar-refractivity contribution in [1.82, 2.24) is 9.97 Å². The van der Waals surface area contributed by atoms with Crippen molar-refractivity contribution >= 4 is 38.7 Å². The predicted octanol–water partition coefficient (Wildman–Crippen LogP) is 3.50. The van der Waals surface area contributed by atoms with Gasteiger partial charge in [0.25, 0.3) is 0 Å². The van der Waals surface area contributed by atoms with Crippen molar-refractivity contribution in [3.05, 3.63) is 42.5 Å². The van der Waals surface area contributed by atoms with Crippen molar-refractivity contribution < 1.29 is 17.4 Å². The molecule has 9 heteroatoms. The fourth-order valence-corrected chi connectivity index (χ4v) is 3.77. The first kappa shape index (κ1) is 19.3. The smallest absolute Gasteiger partial charge is 0.339 e.